The van der Waals surface area contributed by atoms with Crippen molar-refractivity contribution in [3.63, 3.8) is 0 Å². The van der Waals surface area contributed by atoms with Crippen molar-refractivity contribution in [1.29, 1.82) is 5.26 Å². The molecule has 0 fully saturated rings. The molecule has 1 N–H and O–H groups in total. The Bertz CT molecular complexity index is 1170. The molecular weight excluding hydrogens is 459 g/mol. The van der Waals surface area contributed by atoms with E-state index in [-0.39, 0.29) is 5.57 Å². The van der Waals surface area contributed by atoms with Gasteiger partial charge >= 0.3 is 0 Å². The van der Waals surface area contributed by atoms with Crippen LogP contribution >= 0.6 is 23.2 Å². The maximum Gasteiger partial charge on any atom is 0.266 e. The third-order valence-electron chi connectivity index (χ3n) is 4.52. The Labute approximate surface area is 203 Å². The van der Waals surface area contributed by atoms with E-state index >= 15 is 0 Å². The van der Waals surface area contributed by atoms with Gasteiger partial charge in [-0.1, -0.05) is 48.3 Å². The van der Waals surface area contributed by atoms with Crippen LogP contribution in [0.1, 0.15) is 24.5 Å². The standard InChI is InChI=1S/C26H22Cl2N2O3/c1-2-13-32-25-12-5-19(15-24(25)28)14-20(16-29)26(31)30-22-8-10-23(11-9-22)33-17-18-3-6-21(27)7-4-18/h3-12,14-15H,2,13,17H2,1H3,(H,30,31)/b20-14+. The van der Waals surface area contributed by atoms with E-state index in [1.807, 2.05) is 37.3 Å². The van der Waals surface area contributed by atoms with Crippen molar-refractivity contribution in [2.24, 2.45) is 0 Å². The van der Waals surface area contributed by atoms with E-state index in [0.29, 0.717) is 46.0 Å². The van der Waals surface area contributed by atoms with Crippen LogP contribution in [-0.2, 0) is 11.4 Å². The topological polar surface area (TPSA) is 71.3 Å². The molecule has 7 heteroatoms. The number of ether oxygens (including phenoxy) is 2. The van der Waals surface area contributed by atoms with E-state index in [9.17, 15) is 10.1 Å². The zero-order valence-corrected chi connectivity index (χ0v) is 19.5. The highest BCUT2D eigenvalue weighted by molar-refractivity contribution is 6.32. The SMILES string of the molecule is CCCOc1ccc(/C=C(\C#N)C(=O)Nc2ccc(OCc3ccc(Cl)cc3)cc2)cc1Cl. The molecule has 3 aromatic carbocycles. The lowest BCUT2D eigenvalue weighted by atomic mass is 10.1. The number of carbonyl (C=O) groups excluding carboxylic acids is 1. The van der Waals surface area contributed by atoms with Gasteiger partial charge in [-0.25, -0.2) is 0 Å². The van der Waals surface area contributed by atoms with Crippen molar-refractivity contribution in [1.82, 2.24) is 0 Å². The first-order chi connectivity index (χ1) is 16.0. The van der Waals surface area contributed by atoms with Crippen LogP contribution in [0.4, 0.5) is 5.69 Å². The Morgan fingerprint density at radius 3 is 2.39 bits per heavy atom. The van der Waals surface area contributed by atoms with E-state index < -0.39 is 5.91 Å². The highest BCUT2D eigenvalue weighted by atomic mass is 35.5. The number of benzene rings is 3. The Balaban J connectivity index is 1.61. The molecular formula is C26H22Cl2N2O3. The largest absolute Gasteiger partial charge is 0.492 e. The van der Waals surface area contributed by atoms with E-state index in [2.05, 4.69) is 5.32 Å². The lowest BCUT2D eigenvalue weighted by molar-refractivity contribution is -0.112. The van der Waals surface area contributed by atoms with Crippen LogP contribution in [0.25, 0.3) is 6.08 Å². The van der Waals surface area contributed by atoms with Crippen LogP contribution < -0.4 is 14.8 Å². The highest BCUT2D eigenvalue weighted by Crippen LogP contribution is 2.27. The van der Waals surface area contributed by atoms with Gasteiger partial charge in [0.2, 0.25) is 0 Å². The summed E-state index contributed by atoms with van der Waals surface area (Å²) in [6.07, 6.45) is 2.35. The number of anilines is 1. The number of hydrogen-bond acceptors (Lipinski definition) is 4. The normalized spacial score (nSPS) is 10.9. The second-order valence-electron chi connectivity index (χ2n) is 7.10. The molecule has 0 unspecified atom stereocenters. The van der Waals surface area contributed by atoms with Crippen molar-refractivity contribution in [3.05, 3.63) is 93.5 Å². The maximum absolute atomic E-state index is 12.6. The highest BCUT2D eigenvalue weighted by Gasteiger charge is 2.11. The average Bonchev–Trinajstić information content (AvgIpc) is 2.82. The number of halogens is 2. The van der Waals surface area contributed by atoms with Gasteiger partial charge in [0.05, 0.1) is 11.6 Å². The first-order valence-corrected chi connectivity index (χ1v) is 11.1. The molecule has 0 spiro atoms. The molecule has 0 aromatic heterocycles. The summed E-state index contributed by atoms with van der Waals surface area (Å²) in [6, 6.07) is 21.4. The van der Waals surface area contributed by atoms with E-state index in [4.69, 9.17) is 32.7 Å². The molecule has 33 heavy (non-hydrogen) atoms. The first kappa shape index (κ1) is 24.2. The van der Waals surface area contributed by atoms with Crippen molar-refractivity contribution >= 4 is 40.9 Å². The third kappa shape index (κ3) is 7.28. The number of nitriles is 1. The van der Waals surface area contributed by atoms with Crippen LogP contribution in [0.2, 0.25) is 10.0 Å². The van der Waals surface area contributed by atoms with Crippen molar-refractivity contribution in [2.75, 3.05) is 11.9 Å². The van der Waals surface area contributed by atoms with Gasteiger partial charge in [0.1, 0.15) is 29.7 Å². The number of rotatable bonds is 9. The fraction of sp³-hybridized carbons (Fsp3) is 0.154. The quantitative estimate of drug-likeness (QED) is 0.266. The minimum absolute atomic E-state index is 0.0450. The van der Waals surface area contributed by atoms with Gasteiger partial charge in [-0.3, -0.25) is 4.79 Å². The molecule has 168 valence electrons. The molecule has 0 bridgehead atoms. The van der Waals surface area contributed by atoms with E-state index in [1.54, 1.807) is 42.5 Å². The summed E-state index contributed by atoms with van der Waals surface area (Å²) < 4.78 is 11.3. The summed E-state index contributed by atoms with van der Waals surface area (Å²) in [4.78, 5) is 12.6. The van der Waals surface area contributed by atoms with Gasteiger partial charge in [-0.2, -0.15) is 5.26 Å². The predicted molar refractivity (Wildman–Crippen MR) is 132 cm³/mol. The van der Waals surface area contributed by atoms with Gasteiger partial charge in [-0.15, -0.1) is 0 Å². The third-order valence-corrected chi connectivity index (χ3v) is 5.07. The predicted octanol–water partition coefficient (Wildman–Crippen LogP) is 6.91. The fourth-order valence-corrected chi connectivity index (χ4v) is 3.20. The molecule has 3 rings (SSSR count). The van der Waals surface area contributed by atoms with Gasteiger partial charge in [-0.05, 0) is 72.2 Å². The Hall–Kier alpha value is -3.46. The number of nitrogens with zero attached hydrogens (tertiary/aromatic N) is 1. The van der Waals surface area contributed by atoms with Crippen LogP contribution in [-0.4, -0.2) is 12.5 Å². The second kappa shape index (κ2) is 12.0. The van der Waals surface area contributed by atoms with Crippen molar-refractivity contribution in [2.45, 2.75) is 20.0 Å². The zero-order valence-electron chi connectivity index (χ0n) is 18.0. The lowest BCUT2D eigenvalue weighted by Crippen LogP contribution is -2.13. The summed E-state index contributed by atoms with van der Waals surface area (Å²) >= 11 is 12.1. The van der Waals surface area contributed by atoms with Crippen LogP contribution in [0.5, 0.6) is 11.5 Å². The summed E-state index contributed by atoms with van der Waals surface area (Å²) in [6.45, 7) is 2.96. The Morgan fingerprint density at radius 2 is 1.76 bits per heavy atom. The molecule has 0 radical (unpaired) electrons. The minimum atomic E-state index is -0.519. The molecule has 0 saturated heterocycles. The number of hydrogen-bond donors (Lipinski definition) is 1. The van der Waals surface area contributed by atoms with Crippen LogP contribution in [0.3, 0.4) is 0 Å². The number of amides is 1. The molecule has 0 saturated carbocycles. The van der Waals surface area contributed by atoms with E-state index in [1.165, 1.54) is 6.08 Å². The smallest absolute Gasteiger partial charge is 0.266 e. The Kier molecular flexibility index (Phi) is 8.77. The van der Waals surface area contributed by atoms with Gasteiger partial charge in [0, 0.05) is 10.7 Å². The fourth-order valence-electron chi connectivity index (χ4n) is 2.83. The van der Waals surface area contributed by atoms with Crippen LogP contribution in [0, 0.1) is 11.3 Å². The molecule has 3 aromatic rings. The molecule has 0 heterocycles. The maximum atomic E-state index is 12.6. The zero-order chi connectivity index (χ0) is 23.6. The molecule has 0 aliphatic rings. The monoisotopic (exact) mass is 480 g/mol. The molecule has 0 atom stereocenters. The molecule has 0 aliphatic heterocycles. The van der Waals surface area contributed by atoms with Gasteiger partial charge < -0.3 is 14.8 Å². The second-order valence-corrected chi connectivity index (χ2v) is 7.95. The molecule has 0 aliphatic carbocycles. The minimum Gasteiger partial charge on any atom is -0.492 e. The summed E-state index contributed by atoms with van der Waals surface area (Å²) in [5.74, 6) is 0.700. The first-order valence-electron chi connectivity index (χ1n) is 10.3. The molecule has 1 amide bonds. The van der Waals surface area contributed by atoms with E-state index in [0.717, 1.165) is 12.0 Å². The van der Waals surface area contributed by atoms with Crippen molar-refractivity contribution < 1.29 is 14.3 Å². The summed E-state index contributed by atoms with van der Waals surface area (Å²) in [5.41, 5.74) is 2.12. The van der Waals surface area contributed by atoms with Crippen molar-refractivity contribution in [3.8, 4) is 17.6 Å². The number of carbonyl (C=O) groups is 1. The summed E-state index contributed by atoms with van der Waals surface area (Å²) in [7, 11) is 0. The van der Waals surface area contributed by atoms with Gasteiger partial charge in [0.15, 0.2) is 0 Å². The number of nitrogens with one attached hydrogen (secondary N) is 1. The van der Waals surface area contributed by atoms with Crippen LogP contribution in [0.15, 0.2) is 72.3 Å². The average molecular weight is 481 g/mol. The Morgan fingerprint density at radius 1 is 1.03 bits per heavy atom. The lowest BCUT2D eigenvalue weighted by Gasteiger charge is -2.09. The molecule has 5 nitrogen and oxygen atoms in total. The summed E-state index contributed by atoms with van der Waals surface area (Å²) in [5, 5.41) is 13.3. The van der Waals surface area contributed by atoms with Gasteiger partial charge in [0.25, 0.3) is 5.91 Å².